The Morgan fingerprint density at radius 1 is 1.43 bits per heavy atom. The van der Waals surface area contributed by atoms with Gasteiger partial charge < -0.3 is 10.8 Å². The number of aliphatic carboxylic acids is 1. The zero-order chi connectivity index (χ0) is 10.6. The molecule has 0 radical (unpaired) electrons. The molecule has 0 heterocycles. The predicted octanol–water partition coefficient (Wildman–Crippen LogP) is 1.72. The maximum absolute atomic E-state index is 10.6. The molecule has 0 amide bonds. The Labute approximate surface area is 83.6 Å². The van der Waals surface area contributed by atoms with E-state index in [4.69, 9.17) is 10.8 Å². The number of carboxylic acid groups (broad SMARTS) is 1. The third-order valence-electron chi connectivity index (χ3n) is 2.14. The largest absolute Gasteiger partial charge is 0.480 e. The van der Waals surface area contributed by atoms with Gasteiger partial charge in [0.1, 0.15) is 6.04 Å². The number of benzene rings is 1. The number of carboxylic acids is 1. The molecule has 1 atom stereocenters. The molecule has 1 unspecified atom stereocenters. The molecule has 1 aromatic carbocycles. The predicted molar refractivity (Wildman–Crippen MR) is 55.0 cm³/mol. The van der Waals surface area contributed by atoms with E-state index in [1.165, 1.54) is 5.56 Å². The fourth-order valence-corrected chi connectivity index (χ4v) is 1.32. The summed E-state index contributed by atoms with van der Waals surface area (Å²) < 4.78 is 0. The maximum atomic E-state index is 10.6. The van der Waals surface area contributed by atoms with Gasteiger partial charge in [-0.15, -0.1) is 0 Å². The van der Waals surface area contributed by atoms with Gasteiger partial charge in [0.25, 0.3) is 0 Å². The first kappa shape index (κ1) is 10.7. The molecule has 0 aromatic heterocycles. The molecule has 0 aliphatic heterocycles. The van der Waals surface area contributed by atoms with Crippen LogP contribution in [0, 0.1) is 0 Å². The van der Waals surface area contributed by atoms with Crippen molar-refractivity contribution in [3.05, 3.63) is 35.4 Å². The lowest BCUT2D eigenvalue weighted by Crippen LogP contribution is -2.20. The number of hydrogen-bond donors (Lipinski definition) is 2. The van der Waals surface area contributed by atoms with Crippen LogP contribution in [0.4, 0.5) is 0 Å². The van der Waals surface area contributed by atoms with Crippen molar-refractivity contribution in [3.8, 4) is 0 Å². The van der Waals surface area contributed by atoms with Crippen LogP contribution in [-0.4, -0.2) is 11.1 Å². The lowest BCUT2D eigenvalue weighted by molar-refractivity contribution is -0.138. The summed E-state index contributed by atoms with van der Waals surface area (Å²) in [5.74, 6) is -0.992. The summed E-state index contributed by atoms with van der Waals surface area (Å²) in [6.45, 7) is 2.11. The average molecular weight is 193 g/mol. The van der Waals surface area contributed by atoms with E-state index in [9.17, 15) is 4.79 Å². The molecule has 1 rings (SSSR count). The van der Waals surface area contributed by atoms with Gasteiger partial charge in [-0.3, -0.25) is 4.79 Å². The molecule has 0 fully saturated rings. The number of carbonyl (C=O) groups is 1. The Bertz CT molecular complexity index is 306. The van der Waals surface area contributed by atoms with Crippen LogP contribution in [0.1, 0.15) is 30.5 Å². The molecule has 0 aliphatic carbocycles. The van der Waals surface area contributed by atoms with E-state index in [1.54, 1.807) is 12.1 Å². The standard InChI is InChI=1S/C11H15NO2/c1-2-3-8-4-6-9(7-5-8)10(12)11(13)14/h4-7,10H,2-3,12H2,1H3,(H,13,14). The monoisotopic (exact) mass is 193 g/mol. The molecule has 14 heavy (non-hydrogen) atoms. The van der Waals surface area contributed by atoms with Crippen LogP contribution in [-0.2, 0) is 11.2 Å². The van der Waals surface area contributed by atoms with Crippen molar-refractivity contribution in [3.63, 3.8) is 0 Å². The fourth-order valence-electron chi connectivity index (χ4n) is 1.32. The fraction of sp³-hybridized carbons (Fsp3) is 0.364. The molecular weight excluding hydrogens is 178 g/mol. The van der Waals surface area contributed by atoms with Crippen LogP contribution < -0.4 is 5.73 Å². The second kappa shape index (κ2) is 4.77. The first-order chi connectivity index (χ1) is 6.65. The van der Waals surface area contributed by atoms with E-state index in [1.807, 2.05) is 12.1 Å². The average Bonchev–Trinajstić information content (AvgIpc) is 2.18. The molecule has 3 N–H and O–H groups in total. The van der Waals surface area contributed by atoms with Crippen LogP contribution in [0.3, 0.4) is 0 Å². The zero-order valence-electron chi connectivity index (χ0n) is 8.23. The molecule has 1 aromatic rings. The van der Waals surface area contributed by atoms with Crippen LogP contribution in [0.2, 0.25) is 0 Å². The molecule has 0 aliphatic rings. The van der Waals surface area contributed by atoms with Crippen molar-refractivity contribution in [2.24, 2.45) is 5.73 Å². The molecule has 76 valence electrons. The molecule has 0 saturated carbocycles. The normalized spacial score (nSPS) is 12.4. The smallest absolute Gasteiger partial charge is 0.325 e. The second-order valence-corrected chi connectivity index (χ2v) is 3.31. The van der Waals surface area contributed by atoms with Crippen LogP contribution in [0.25, 0.3) is 0 Å². The highest BCUT2D eigenvalue weighted by Crippen LogP contribution is 2.12. The highest BCUT2D eigenvalue weighted by molar-refractivity contribution is 5.75. The molecule has 3 nitrogen and oxygen atoms in total. The zero-order valence-corrected chi connectivity index (χ0v) is 8.23. The number of hydrogen-bond acceptors (Lipinski definition) is 2. The summed E-state index contributed by atoms with van der Waals surface area (Å²) in [5.41, 5.74) is 7.33. The highest BCUT2D eigenvalue weighted by Gasteiger charge is 2.13. The summed E-state index contributed by atoms with van der Waals surface area (Å²) in [7, 11) is 0. The Morgan fingerprint density at radius 3 is 2.43 bits per heavy atom. The topological polar surface area (TPSA) is 63.3 Å². The van der Waals surface area contributed by atoms with Gasteiger partial charge in [0.15, 0.2) is 0 Å². The first-order valence-electron chi connectivity index (χ1n) is 4.72. The number of nitrogens with two attached hydrogens (primary N) is 1. The van der Waals surface area contributed by atoms with Crippen molar-refractivity contribution < 1.29 is 9.90 Å². The summed E-state index contributed by atoms with van der Waals surface area (Å²) >= 11 is 0. The Hall–Kier alpha value is -1.35. The Morgan fingerprint density at radius 2 is 2.00 bits per heavy atom. The van der Waals surface area contributed by atoms with Crippen molar-refractivity contribution in [1.82, 2.24) is 0 Å². The summed E-state index contributed by atoms with van der Waals surface area (Å²) in [5, 5.41) is 8.68. The van der Waals surface area contributed by atoms with E-state index < -0.39 is 12.0 Å². The van der Waals surface area contributed by atoms with Crippen molar-refractivity contribution in [2.45, 2.75) is 25.8 Å². The minimum absolute atomic E-state index is 0.650. The molecule has 0 spiro atoms. The molecule has 3 heteroatoms. The van der Waals surface area contributed by atoms with Gasteiger partial charge >= 0.3 is 5.97 Å². The van der Waals surface area contributed by atoms with Gasteiger partial charge in [0.2, 0.25) is 0 Å². The van der Waals surface area contributed by atoms with Crippen molar-refractivity contribution >= 4 is 5.97 Å². The van der Waals surface area contributed by atoms with Crippen molar-refractivity contribution in [1.29, 1.82) is 0 Å². The molecule has 0 bridgehead atoms. The summed E-state index contributed by atoms with van der Waals surface area (Å²) in [6, 6.07) is 6.52. The van der Waals surface area contributed by atoms with E-state index >= 15 is 0 Å². The molecular formula is C11H15NO2. The Balaban J connectivity index is 2.77. The van der Waals surface area contributed by atoms with Crippen LogP contribution >= 0.6 is 0 Å². The maximum Gasteiger partial charge on any atom is 0.325 e. The molecule has 0 saturated heterocycles. The quantitative estimate of drug-likeness (QED) is 0.765. The van der Waals surface area contributed by atoms with E-state index in [0.717, 1.165) is 12.8 Å². The van der Waals surface area contributed by atoms with Gasteiger partial charge in [0, 0.05) is 0 Å². The first-order valence-corrected chi connectivity index (χ1v) is 4.72. The van der Waals surface area contributed by atoms with Gasteiger partial charge in [-0.1, -0.05) is 37.6 Å². The van der Waals surface area contributed by atoms with E-state index in [2.05, 4.69) is 6.92 Å². The number of rotatable bonds is 4. The highest BCUT2D eigenvalue weighted by atomic mass is 16.4. The van der Waals surface area contributed by atoms with Gasteiger partial charge in [-0.05, 0) is 17.5 Å². The lowest BCUT2D eigenvalue weighted by atomic mass is 10.0. The van der Waals surface area contributed by atoms with E-state index in [0.29, 0.717) is 5.56 Å². The van der Waals surface area contributed by atoms with Crippen LogP contribution in [0.5, 0.6) is 0 Å². The third kappa shape index (κ3) is 2.57. The third-order valence-corrected chi connectivity index (χ3v) is 2.14. The van der Waals surface area contributed by atoms with Gasteiger partial charge in [-0.25, -0.2) is 0 Å². The SMILES string of the molecule is CCCc1ccc(C(N)C(=O)O)cc1. The minimum atomic E-state index is -0.992. The van der Waals surface area contributed by atoms with Gasteiger partial charge in [-0.2, -0.15) is 0 Å². The van der Waals surface area contributed by atoms with Crippen LogP contribution in [0.15, 0.2) is 24.3 Å². The Kier molecular flexibility index (Phi) is 3.65. The summed E-state index contributed by atoms with van der Waals surface area (Å²) in [6.07, 6.45) is 2.10. The summed E-state index contributed by atoms with van der Waals surface area (Å²) in [4.78, 5) is 10.6. The minimum Gasteiger partial charge on any atom is -0.480 e. The van der Waals surface area contributed by atoms with Gasteiger partial charge in [0.05, 0.1) is 0 Å². The van der Waals surface area contributed by atoms with Crippen molar-refractivity contribution in [2.75, 3.05) is 0 Å². The second-order valence-electron chi connectivity index (χ2n) is 3.31. The number of aryl methyl sites for hydroxylation is 1. The lowest BCUT2D eigenvalue weighted by Gasteiger charge is -2.07. The van der Waals surface area contributed by atoms with E-state index in [-0.39, 0.29) is 0 Å².